The summed E-state index contributed by atoms with van der Waals surface area (Å²) in [6, 6.07) is 15.7. The Balaban J connectivity index is 1.14. The first kappa shape index (κ1) is 31.6. The standard InChI is InChI=1S/C30H30N4O4S4/c1-19-7-11-21(12-8-19)17-23-27(37)33(29(39)41-23)15-3-5-25(35)31-32-26(36)6-4-16-34-28(38)24(42-30(34)40)18-22-13-9-20(2)10-14-22/h7-14,17-18H,3-6,15-16H2,1-2H3,(H,31,35)(H,32,36). The quantitative estimate of drug-likeness (QED) is 0.211. The van der Waals surface area contributed by atoms with E-state index in [-0.39, 0.29) is 36.5 Å². The van der Waals surface area contributed by atoms with Gasteiger partial charge in [0, 0.05) is 25.9 Å². The van der Waals surface area contributed by atoms with E-state index in [0.29, 0.717) is 44.4 Å². The van der Waals surface area contributed by atoms with Crippen molar-refractivity contribution in [1.82, 2.24) is 20.7 Å². The van der Waals surface area contributed by atoms with Crippen LogP contribution in [0.2, 0.25) is 0 Å². The van der Waals surface area contributed by atoms with Gasteiger partial charge < -0.3 is 0 Å². The molecular formula is C30H30N4O4S4. The highest BCUT2D eigenvalue weighted by Crippen LogP contribution is 2.33. The molecule has 0 radical (unpaired) electrons. The number of nitrogens with one attached hydrogen (secondary N) is 2. The lowest BCUT2D eigenvalue weighted by Gasteiger charge is -2.15. The lowest BCUT2D eigenvalue weighted by Crippen LogP contribution is -2.42. The minimum Gasteiger partial charge on any atom is -0.293 e. The van der Waals surface area contributed by atoms with Crippen LogP contribution < -0.4 is 10.9 Å². The number of rotatable bonds is 10. The van der Waals surface area contributed by atoms with Crippen molar-refractivity contribution in [1.29, 1.82) is 0 Å². The summed E-state index contributed by atoms with van der Waals surface area (Å²) < 4.78 is 0.915. The maximum Gasteiger partial charge on any atom is 0.266 e. The third kappa shape index (κ3) is 8.60. The van der Waals surface area contributed by atoms with Crippen LogP contribution in [0.1, 0.15) is 47.9 Å². The summed E-state index contributed by atoms with van der Waals surface area (Å²) >= 11 is 13.2. The molecule has 4 amide bonds. The molecule has 0 aliphatic carbocycles. The summed E-state index contributed by atoms with van der Waals surface area (Å²) in [5, 5.41) is 0. The number of carbonyl (C=O) groups is 4. The fraction of sp³-hybridized carbons (Fsp3) is 0.267. The summed E-state index contributed by atoms with van der Waals surface area (Å²) in [6.45, 7) is 4.61. The highest BCUT2D eigenvalue weighted by Gasteiger charge is 2.32. The highest BCUT2D eigenvalue weighted by atomic mass is 32.2. The molecule has 0 bridgehead atoms. The van der Waals surface area contributed by atoms with Gasteiger partial charge in [-0.05, 0) is 50.0 Å². The summed E-state index contributed by atoms with van der Waals surface area (Å²) in [5.74, 6) is -1.10. The fourth-order valence-electron chi connectivity index (χ4n) is 4.07. The number of benzene rings is 2. The molecule has 2 aromatic rings. The van der Waals surface area contributed by atoms with E-state index in [1.807, 2.05) is 74.5 Å². The van der Waals surface area contributed by atoms with Crippen molar-refractivity contribution in [2.45, 2.75) is 39.5 Å². The van der Waals surface area contributed by atoms with Crippen molar-refractivity contribution in [3.05, 3.63) is 80.6 Å². The molecule has 42 heavy (non-hydrogen) atoms. The molecule has 8 nitrogen and oxygen atoms in total. The van der Waals surface area contributed by atoms with Gasteiger partial charge in [0.1, 0.15) is 8.64 Å². The van der Waals surface area contributed by atoms with Crippen LogP contribution in [0.5, 0.6) is 0 Å². The Morgan fingerprint density at radius 1 is 0.690 bits per heavy atom. The first-order valence-electron chi connectivity index (χ1n) is 13.3. The van der Waals surface area contributed by atoms with Crippen LogP contribution in [-0.2, 0) is 19.2 Å². The SMILES string of the molecule is Cc1ccc(C=C2SC(=S)N(CCCC(=O)NNC(=O)CCCN3C(=O)C(=Cc4ccc(C)cc4)SC3=S)C2=O)cc1. The van der Waals surface area contributed by atoms with Crippen LogP contribution in [0.3, 0.4) is 0 Å². The Morgan fingerprint density at radius 3 is 1.40 bits per heavy atom. The molecule has 2 aromatic carbocycles. The lowest BCUT2D eigenvalue weighted by molar-refractivity contribution is -0.129. The minimum absolute atomic E-state index is 0.109. The number of hydrazine groups is 1. The van der Waals surface area contributed by atoms with Crippen molar-refractivity contribution in [3.63, 3.8) is 0 Å². The number of nitrogens with zero attached hydrogens (tertiary/aromatic N) is 2. The number of thiocarbonyl (C=S) groups is 2. The third-order valence-electron chi connectivity index (χ3n) is 6.41. The summed E-state index contributed by atoms with van der Waals surface area (Å²) in [4.78, 5) is 54.1. The molecule has 0 aromatic heterocycles. The van der Waals surface area contributed by atoms with E-state index in [1.165, 1.54) is 33.3 Å². The average molecular weight is 639 g/mol. The van der Waals surface area contributed by atoms with Crippen molar-refractivity contribution in [3.8, 4) is 0 Å². The number of thioether (sulfide) groups is 2. The first-order valence-corrected chi connectivity index (χ1v) is 15.8. The van der Waals surface area contributed by atoms with Gasteiger partial charge in [-0.1, -0.05) is 108 Å². The van der Waals surface area contributed by atoms with E-state index < -0.39 is 0 Å². The van der Waals surface area contributed by atoms with Crippen LogP contribution in [0.25, 0.3) is 12.2 Å². The Hall–Kier alpha value is -3.32. The second-order valence-electron chi connectivity index (χ2n) is 9.79. The predicted molar refractivity (Wildman–Crippen MR) is 177 cm³/mol. The van der Waals surface area contributed by atoms with Gasteiger partial charge in [-0.25, -0.2) is 0 Å². The molecule has 0 unspecified atom stereocenters. The molecule has 2 saturated heterocycles. The number of aryl methyl sites for hydroxylation is 2. The zero-order valence-electron chi connectivity index (χ0n) is 23.2. The van der Waals surface area contributed by atoms with E-state index in [2.05, 4.69) is 10.9 Å². The monoisotopic (exact) mass is 638 g/mol. The number of amides is 4. The zero-order valence-corrected chi connectivity index (χ0v) is 26.4. The highest BCUT2D eigenvalue weighted by molar-refractivity contribution is 8.27. The van der Waals surface area contributed by atoms with Gasteiger partial charge in [0.15, 0.2) is 0 Å². The number of hydrogen-bond acceptors (Lipinski definition) is 8. The molecule has 2 N–H and O–H groups in total. The van der Waals surface area contributed by atoms with Gasteiger partial charge >= 0.3 is 0 Å². The van der Waals surface area contributed by atoms with Gasteiger partial charge in [0.05, 0.1) is 9.81 Å². The van der Waals surface area contributed by atoms with Crippen LogP contribution in [-0.4, -0.2) is 55.2 Å². The molecule has 2 heterocycles. The molecule has 2 aliphatic heterocycles. The van der Waals surface area contributed by atoms with Crippen molar-refractivity contribution < 1.29 is 19.2 Å². The van der Waals surface area contributed by atoms with E-state index >= 15 is 0 Å². The van der Waals surface area contributed by atoms with Crippen molar-refractivity contribution in [2.24, 2.45) is 0 Å². The van der Waals surface area contributed by atoms with Crippen LogP contribution in [0, 0.1) is 13.8 Å². The summed E-state index contributed by atoms with van der Waals surface area (Å²) in [5.41, 5.74) is 8.91. The molecule has 4 rings (SSSR count). The Bertz CT molecular complexity index is 1360. The van der Waals surface area contributed by atoms with Gasteiger partial charge in [0.2, 0.25) is 11.8 Å². The Labute approximate surface area is 264 Å². The minimum atomic E-state index is -0.373. The normalized spacial score (nSPS) is 17.1. The van der Waals surface area contributed by atoms with Gasteiger partial charge in [-0.2, -0.15) is 0 Å². The lowest BCUT2D eigenvalue weighted by atomic mass is 10.1. The van der Waals surface area contributed by atoms with Crippen LogP contribution in [0.4, 0.5) is 0 Å². The Kier molecular flexibility index (Phi) is 11.1. The second-order valence-corrected chi connectivity index (χ2v) is 13.1. The van der Waals surface area contributed by atoms with Gasteiger partial charge in [-0.3, -0.25) is 39.8 Å². The molecule has 2 aliphatic rings. The van der Waals surface area contributed by atoms with Crippen molar-refractivity contribution in [2.75, 3.05) is 13.1 Å². The smallest absolute Gasteiger partial charge is 0.266 e. The van der Waals surface area contributed by atoms with Crippen LogP contribution in [0.15, 0.2) is 58.3 Å². The summed E-state index contributed by atoms with van der Waals surface area (Å²) in [7, 11) is 0. The van der Waals surface area contributed by atoms with Crippen LogP contribution >= 0.6 is 48.0 Å². The van der Waals surface area contributed by atoms with E-state index in [4.69, 9.17) is 24.4 Å². The topological polar surface area (TPSA) is 98.8 Å². The molecule has 218 valence electrons. The third-order valence-corrected chi connectivity index (χ3v) is 9.17. The number of carbonyl (C=O) groups excluding carboxylic acids is 4. The van der Waals surface area contributed by atoms with E-state index in [0.717, 1.165) is 22.3 Å². The van der Waals surface area contributed by atoms with Gasteiger partial charge in [-0.15, -0.1) is 0 Å². The predicted octanol–water partition coefficient (Wildman–Crippen LogP) is 5.11. The molecule has 2 fully saturated rings. The Morgan fingerprint density at radius 2 is 1.05 bits per heavy atom. The van der Waals surface area contributed by atoms with E-state index in [1.54, 1.807) is 0 Å². The zero-order chi connectivity index (χ0) is 30.2. The average Bonchev–Trinajstić information content (AvgIpc) is 3.38. The first-order chi connectivity index (χ1) is 20.1. The maximum absolute atomic E-state index is 12.8. The fourth-order valence-corrected chi connectivity index (χ4v) is 6.69. The largest absolute Gasteiger partial charge is 0.293 e. The second kappa shape index (κ2) is 14.7. The number of hydrogen-bond donors (Lipinski definition) is 2. The van der Waals surface area contributed by atoms with Gasteiger partial charge in [0.25, 0.3) is 11.8 Å². The summed E-state index contributed by atoms with van der Waals surface area (Å²) in [6.07, 6.45) is 4.62. The molecule has 0 saturated carbocycles. The van der Waals surface area contributed by atoms with Crippen molar-refractivity contribution >= 4 is 92.4 Å². The molecule has 0 atom stereocenters. The molecule has 0 spiro atoms. The van der Waals surface area contributed by atoms with E-state index in [9.17, 15) is 19.2 Å². The molecular weight excluding hydrogens is 609 g/mol. The molecule has 12 heteroatoms. The maximum atomic E-state index is 12.8.